The van der Waals surface area contributed by atoms with Crippen LogP contribution < -0.4 is 0 Å². The Morgan fingerprint density at radius 3 is 2.59 bits per heavy atom. The van der Waals surface area contributed by atoms with Crippen LogP contribution in [-0.4, -0.2) is 17.9 Å². The highest BCUT2D eigenvalue weighted by molar-refractivity contribution is 5.92. The van der Waals surface area contributed by atoms with Gasteiger partial charge in [-0.15, -0.1) is 0 Å². The van der Waals surface area contributed by atoms with E-state index in [2.05, 4.69) is 19.1 Å². The van der Waals surface area contributed by atoms with Crippen molar-refractivity contribution in [3.63, 3.8) is 0 Å². The summed E-state index contributed by atoms with van der Waals surface area (Å²) >= 11 is 0. The number of carbonyl (C=O) groups excluding carboxylic acids is 1. The molecule has 0 bridgehead atoms. The first kappa shape index (κ1) is 13.5. The van der Waals surface area contributed by atoms with Gasteiger partial charge in [0.1, 0.15) is 0 Å². The van der Waals surface area contributed by atoms with E-state index in [1.165, 1.54) is 11.1 Å². The lowest BCUT2D eigenvalue weighted by Gasteiger charge is -2.18. The topological polar surface area (TPSA) is 20.3 Å². The van der Waals surface area contributed by atoms with Crippen LogP contribution in [0.25, 0.3) is 0 Å². The molecule has 0 N–H and O–H groups in total. The van der Waals surface area contributed by atoms with Gasteiger partial charge < -0.3 is 4.90 Å². The van der Waals surface area contributed by atoms with Crippen molar-refractivity contribution in [2.24, 2.45) is 0 Å². The first-order valence-corrected chi connectivity index (χ1v) is 6.03. The zero-order valence-electron chi connectivity index (χ0n) is 11.2. The SMILES string of the molecule is CCC=C(C)C(=O)N(C)Cc1ccccc1C. The fourth-order valence-electron chi connectivity index (χ4n) is 1.81. The van der Waals surface area contributed by atoms with Crippen molar-refractivity contribution in [2.45, 2.75) is 33.7 Å². The van der Waals surface area contributed by atoms with E-state index in [4.69, 9.17) is 0 Å². The van der Waals surface area contributed by atoms with Crippen LogP contribution in [0.1, 0.15) is 31.4 Å². The van der Waals surface area contributed by atoms with E-state index in [0.29, 0.717) is 6.54 Å². The van der Waals surface area contributed by atoms with Crippen molar-refractivity contribution >= 4 is 5.91 Å². The number of benzene rings is 1. The predicted molar refractivity (Wildman–Crippen MR) is 71.7 cm³/mol. The molecule has 1 rings (SSSR count). The fraction of sp³-hybridized carbons (Fsp3) is 0.400. The lowest BCUT2D eigenvalue weighted by Crippen LogP contribution is -2.27. The largest absolute Gasteiger partial charge is 0.338 e. The lowest BCUT2D eigenvalue weighted by molar-refractivity contribution is -0.126. The average molecular weight is 231 g/mol. The van der Waals surface area contributed by atoms with Gasteiger partial charge in [0.15, 0.2) is 0 Å². The number of allylic oxidation sites excluding steroid dienone is 1. The molecular weight excluding hydrogens is 210 g/mol. The molecule has 17 heavy (non-hydrogen) atoms. The molecular formula is C15H21NO. The third-order valence-corrected chi connectivity index (χ3v) is 2.86. The highest BCUT2D eigenvalue weighted by Crippen LogP contribution is 2.11. The van der Waals surface area contributed by atoms with Gasteiger partial charge in [0, 0.05) is 19.2 Å². The first-order valence-electron chi connectivity index (χ1n) is 6.03. The highest BCUT2D eigenvalue weighted by Gasteiger charge is 2.11. The summed E-state index contributed by atoms with van der Waals surface area (Å²) in [5.74, 6) is 0.107. The van der Waals surface area contributed by atoms with Gasteiger partial charge >= 0.3 is 0 Å². The normalized spacial score (nSPS) is 11.4. The van der Waals surface area contributed by atoms with E-state index in [1.54, 1.807) is 4.90 Å². The van der Waals surface area contributed by atoms with Crippen LogP contribution >= 0.6 is 0 Å². The molecule has 0 unspecified atom stereocenters. The maximum absolute atomic E-state index is 12.0. The molecule has 0 saturated carbocycles. The van der Waals surface area contributed by atoms with Crippen LogP contribution in [-0.2, 0) is 11.3 Å². The number of nitrogens with zero attached hydrogens (tertiary/aromatic N) is 1. The molecule has 92 valence electrons. The van der Waals surface area contributed by atoms with Crippen molar-refractivity contribution in [3.8, 4) is 0 Å². The van der Waals surface area contributed by atoms with Crippen molar-refractivity contribution in [1.29, 1.82) is 0 Å². The number of aryl methyl sites for hydroxylation is 1. The van der Waals surface area contributed by atoms with Gasteiger partial charge in [0.25, 0.3) is 0 Å². The lowest BCUT2D eigenvalue weighted by atomic mass is 10.1. The first-order chi connectivity index (χ1) is 8.06. The quantitative estimate of drug-likeness (QED) is 0.728. The molecule has 0 heterocycles. The van der Waals surface area contributed by atoms with Crippen LogP contribution in [0.5, 0.6) is 0 Å². The molecule has 0 aromatic heterocycles. The molecule has 0 aliphatic carbocycles. The minimum atomic E-state index is 0.107. The van der Waals surface area contributed by atoms with Crippen molar-refractivity contribution in [1.82, 2.24) is 4.90 Å². The summed E-state index contributed by atoms with van der Waals surface area (Å²) in [6, 6.07) is 8.17. The van der Waals surface area contributed by atoms with E-state index >= 15 is 0 Å². The van der Waals surface area contributed by atoms with Crippen LogP contribution in [0.2, 0.25) is 0 Å². The fourth-order valence-corrected chi connectivity index (χ4v) is 1.81. The Morgan fingerprint density at radius 2 is 2.00 bits per heavy atom. The summed E-state index contributed by atoms with van der Waals surface area (Å²) in [5, 5.41) is 0. The van der Waals surface area contributed by atoms with Crippen LogP contribution in [0.15, 0.2) is 35.9 Å². The van der Waals surface area contributed by atoms with E-state index in [9.17, 15) is 4.79 Å². The van der Waals surface area contributed by atoms with Gasteiger partial charge in [-0.3, -0.25) is 4.79 Å². The minimum absolute atomic E-state index is 0.107. The second-order valence-corrected chi connectivity index (χ2v) is 4.38. The summed E-state index contributed by atoms with van der Waals surface area (Å²) in [6.45, 7) is 6.65. The van der Waals surface area contributed by atoms with Gasteiger partial charge in [0.2, 0.25) is 5.91 Å². The molecule has 0 spiro atoms. The maximum Gasteiger partial charge on any atom is 0.249 e. The standard InChI is InChI=1S/C15H21NO/c1-5-8-13(3)15(17)16(4)11-14-10-7-6-9-12(14)2/h6-10H,5,11H2,1-4H3. The number of carbonyl (C=O) groups is 1. The van der Waals surface area contributed by atoms with Crippen LogP contribution in [0, 0.1) is 6.92 Å². The number of amides is 1. The van der Waals surface area contributed by atoms with Crippen molar-refractivity contribution in [3.05, 3.63) is 47.0 Å². The summed E-state index contributed by atoms with van der Waals surface area (Å²) in [7, 11) is 1.85. The predicted octanol–water partition coefficient (Wildman–Crippen LogP) is 3.31. The van der Waals surface area contributed by atoms with E-state index in [-0.39, 0.29) is 5.91 Å². The molecule has 1 aromatic rings. The highest BCUT2D eigenvalue weighted by atomic mass is 16.2. The Kier molecular flexibility index (Phi) is 4.95. The Morgan fingerprint density at radius 1 is 1.35 bits per heavy atom. The van der Waals surface area contributed by atoms with Gasteiger partial charge in [-0.25, -0.2) is 0 Å². The molecule has 2 nitrogen and oxygen atoms in total. The monoisotopic (exact) mass is 231 g/mol. The second kappa shape index (κ2) is 6.24. The third kappa shape index (κ3) is 3.74. The van der Waals surface area contributed by atoms with E-state index in [0.717, 1.165) is 12.0 Å². The minimum Gasteiger partial charge on any atom is -0.338 e. The summed E-state index contributed by atoms with van der Waals surface area (Å²) in [5.41, 5.74) is 3.25. The molecule has 0 aliphatic heterocycles. The van der Waals surface area contributed by atoms with E-state index < -0.39 is 0 Å². The third-order valence-electron chi connectivity index (χ3n) is 2.86. The van der Waals surface area contributed by atoms with Crippen molar-refractivity contribution in [2.75, 3.05) is 7.05 Å². The summed E-state index contributed by atoms with van der Waals surface area (Å²) in [6.07, 6.45) is 2.87. The van der Waals surface area contributed by atoms with Gasteiger partial charge in [-0.1, -0.05) is 37.3 Å². The Labute approximate surface area is 104 Å². The van der Waals surface area contributed by atoms with E-state index in [1.807, 2.05) is 39.1 Å². The zero-order valence-corrected chi connectivity index (χ0v) is 11.2. The molecule has 1 aromatic carbocycles. The van der Waals surface area contributed by atoms with Crippen molar-refractivity contribution < 1.29 is 4.79 Å². The molecule has 0 fully saturated rings. The Bertz CT molecular complexity index is 421. The summed E-state index contributed by atoms with van der Waals surface area (Å²) in [4.78, 5) is 13.8. The van der Waals surface area contributed by atoms with Gasteiger partial charge in [-0.2, -0.15) is 0 Å². The number of likely N-dealkylation sites (N-methyl/N-ethyl adjacent to an activating group) is 1. The van der Waals surface area contributed by atoms with Gasteiger partial charge in [0.05, 0.1) is 0 Å². The smallest absolute Gasteiger partial charge is 0.249 e. The number of rotatable bonds is 4. The Hall–Kier alpha value is -1.57. The molecule has 0 saturated heterocycles. The molecule has 1 amide bonds. The maximum atomic E-state index is 12.0. The zero-order chi connectivity index (χ0) is 12.8. The Balaban J connectivity index is 2.73. The van der Waals surface area contributed by atoms with Crippen LogP contribution in [0.3, 0.4) is 0 Å². The number of hydrogen-bond acceptors (Lipinski definition) is 1. The van der Waals surface area contributed by atoms with Gasteiger partial charge in [-0.05, 0) is 31.4 Å². The molecule has 2 heteroatoms. The second-order valence-electron chi connectivity index (χ2n) is 4.38. The average Bonchev–Trinajstić information content (AvgIpc) is 2.31. The molecule has 0 atom stereocenters. The number of hydrogen-bond donors (Lipinski definition) is 0. The van der Waals surface area contributed by atoms with Crippen LogP contribution in [0.4, 0.5) is 0 Å². The summed E-state index contributed by atoms with van der Waals surface area (Å²) < 4.78 is 0. The molecule has 0 aliphatic rings. The molecule has 0 radical (unpaired) electrons.